The molecule has 0 aliphatic heterocycles. The highest BCUT2D eigenvalue weighted by molar-refractivity contribution is 9.10. The number of hydrogen-bond acceptors (Lipinski definition) is 4. The van der Waals surface area contributed by atoms with Crippen molar-refractivity contribution in [3.63, 3.8) is 0 Å². The monoisotopic (exact) mass is 307 g/mol. The molecule has 0 aliphatic rings. The third-order valence-corrected chi connectivity index (χ3v) is 2.57. The molecule has 1 N–H and O–H groups in total. The van der Waals surface area contributed by atoms with Gasteiger partial charge in [0.1, 0.15) is 22.5 Å². The van der Waals surface area contributed by atoms with Crippen LogP contribution in [0.4, 0.5) is 11.5 Å². The molecule has 1 aromatic carbocycles. The summed E-state index contributed by atoms with van der Waals surface area (Å²) in [5.41, 5.74) is 0.955. The molecule has 5 heteroatoms. The van der Waals surface area contributed by atoms with Gasteiger partial charge in [-0.2, -0.15) is 0 Å². The second-order valence-electron chi connectivity index (χ2n) is 4.04. The maximum atomic E-state index is 5.58. The molecule has 0 aliphatic carbocycles. The molecule has 0 bridgehead atoms. The van der Waals surface area contributed by atoms with E-state index >= 15 is 0 Å². The van der Waals surface area contributed by atoms with Crippen molar-refractivity contribution in [1.29, 1.82) is 0 Å². The van der Waals surface area contributed by atoms with E-state index in [9.17, 15) is 0 Å². The highest BCUT2D eigenvalue weighted by Gasteiger charge is 2.00. The van der Waals surface area contributed by atoms with Gasteiger partial charge in [-0.3, -0.25) is 0 Å². The lowest BCUT2D eigenvalue weighted by Gasteiger charge is -2.10. The fourth-order valence-electron chi connectivity index (χ4n) is 1.44. The summed E-state index contributed by atoms with van der Waals surface area (Å²) < 4.78 is 6.33. The lowest BCUT2D eigenvalue weighted by atomic mass is 10.3. The summed E-state index contributed by atoms with van der Waals surface area (Å²) in [6, 6.07) is 9.58. The molecular weight excluding hydrogens is 294 g/mol. The van der Waals surface area contributed by atoms with Crippen LogP contribution in [0, 0.1) is 0 Å². The minimum absolute atomic E-state index is 0.182. The van der Waals surface area contributed by atoms with Crippen molar-refractivity contribution in [2.24, 2.45) is 0 Å². The number of hydrogen-bond donors (Lipinski definition) is 1. The summed E-state index contributed by atoms with van der Waals surface area (Å²) in [5, 5.41) is 3.19. The third kappa shape index (κ3) is 3.70. The van der Waals surface area contributed by atoms with Gasteiger partial charge in [-0.25, -0.2) is 9.97 Å². The zero-order chi connectivity index (χ0) is 13.0. The lowest BCUT2D eigenvalue weighted by molar-refractivity contribution is 0.242. The van der Waals surface area contributed by atoms with Gasteiger partial charge in [-0.15, -0.1) is 0 Å². The SMILES string of the molecule is CC(C)Oc1ccc(Nc2cc(Br)ncn2)cc1. The fraction of sp³-hybridized carbons (Fsp3) is 0.231. The molecule has 0 unspecified atom stereocenters. The molecular formula is C13H14BrN3O. The zero-order valence-electron chi connectivity index (χ0n) is 10.2. The number of rotatable bonds is 4. The predicted molar refractivity (Wildman–Crippen MR) is 75.2 cm³/mol. The van der Waals surface area contributed by atoms with E-state index in [1.165, 1.54) is 6.33 Å². The Hall–Kier alpha value is -1.62. The van der Waals surface area contributed by atoms with Gasteiger partial charge in [-0.1, -0.05) is 0 Å². The molecule has 0 fully saturated rings. The normalized spacial score (nSPS) is 10.4. The van der Waals surface area contributed by atoms with E-state index in [1.807, 2.05) is 44.2 Å². The van der Waals surface area contributed by atoms with Crippen molar-refractivity contribution in [3.8, 4) is 5.75 Å². The molecule has 0 amide bonds. The van der Waals surface area contributed by atoms with Crippen LogP contribution in [0.5, 0.6) is 5.75 Å². The molecule has 1 heterocycles. The maximum Gasteiger partial charge on any atom is 0.134 e. The fourth-order valence-corrected chi connectivity index (χ4v) is 1.75. The van der Waals surface area contributed by atoms with Gasteiger partial charge >= 0.3 is 0 Å². The molecule has 4 nitrogen and oxygen atoms in total. The van der Waals surface area contributed by atoms with Crippen LogP contribution in [0.25, 0.3) is 0 Å². The number of nitrogens with one attached hydrogen (secondary N) is 1. The Morgan fingerprint density at radius 2 is 1.89 bits per heavy atom. The number of halogens is 1. The Bertz CT molecular complexity index is 514. The van der Waals surface area contributed by atoms with E-state index in [-0.39, 0.29) is 6.10 Å². The quantitative estimate of drug-likeness (QED) is 0.873. The van der Waals surface area contributed by atoms with Crippen LogP contribution in [-0.4, -0.2) is 16.1 Å². The minimum Gasteiger partial charge on any atom is -0.491 e. The number of benzene rings is 1. The van der Waals surface area contributed by atoms with E-state index in [0.29, 0.717) is 0 Å². The number of anilines is 2. The maximum absolute atomic E-state index is 5.58. The van der Waals surface area contributed by atoms with Gasteiger partial charge in [0.2, 0.25) is 0 Å². The van der Waals surface area contributed by atoms with Crippen molar-refractivity contribution in [2.45, 2.75) is 20.0 Å². The Labute approximate surface area is 115 Å². The number of ether oxygens (including phenoxy) is 1. The first-order valence-corrected chi connectivity index (χ1v) is 6.44. The molecule has 0 atom stereocenters. The largest absolute Gasteiger partial charge is 0.491 e. The lowest BCUT2D eigenvalue weighted by Crippen LogP contribution is -2.05. The molecule has 0 saturated carbocycles. The first kappa shape index (κ1) is 12.8. The van der Waals surface area contributed by atoms with E-state index in [1.54, 1.807) is 0 Å². The van der Waals surface area contributed by atoms with Gasteiger partial charge in [0.15, 0.2) is 0 Å². The number of aromatic nitrogens is 2. The topological polar surface area (TPSA) is 47.0 Å². The summed E-state index contributed by atoms with van der Waals surface area (Å²) in [7, 11) is 0. The third-order valence-electron chi connectivity index (χ3n) is 2.13. The average Bonchev–Trinajstić information content (AvgIpc) is 2.31. The molecule has 0 spiro atoms. The Balaban J connectivity index is 2.06. The second-order valence-corrected chi connectivity index (χ2v) is 4.85. The van der Waals surface area contributed by atoms with Crippen LogP contribution < -0.4 is 10.1 Å². The Morgan fingerprint density at radius 1 is 1.17 bits per heavy atom. The Morgan fingerprint density at radius 3 is 2.50 bits per heavy atom. The van der Waals surface area contributed by atoms with Crippen molar-refractivity contribution in [2.75, 3.05) is 5.32 Å². The van der Waals surface area contributed by atoms with Crippen molar-refractivity contribution < 1.29 is 4.74 Å². The predicted octanol–water partition coefficient (Wildman–Crippen LogP) is 3.77. The van der Waals surface area contributed by atoms with Gasteiger partial charge in [0, 0.05) is 11.8 Å². The van der Waals surface area contributed by atoms with Gasteiger partial charge in [-0.05, 0) is 54.0 Å². The first-order valence-electron chi connectivity index (χ1n) is 5.65. The van der Waals surface area contributed by atoms with E-state index in [2.05, 4.69) is 31.2 Å². The smallest absolute Gasteiger partial charge is 0.134 e. The molecule has 2 rings (SSSR count). The van der Waals surface area contributed by atoms with Crippen LogP contribution in [0.3, 0.4) is 0 Å². The molecule has 0 saturated heterocycles. The summed E-state index contributed by atoms with van der Waals surface area (Å²) in [6.07, 6.45) is 1.68. The first-order chi connectivity index (χ1) is 8.63. The van der Waals surface area contributed by atoms with E-state index < -0.39 is 0 Å². The highest BCUT2D eigenvalue weighted by atomic mass is 79.9. The number of nitrogens with zero attached hydrogens (tertiary/aromatic N) is 2. The van der Waals surface area contributed by atoms with E-state index in [0.717, 1.165) is 21.9 Å². The van der Waals surface area contributed by atoms with Crippen molar-refractivity contribution in [3.05, 3.63) is 41.3 Å². The van der Waals surface area contributed by atoms with Gasteiger partial charge in [0.25, 0.3) is 0 Å². The molecule has 18 heavy (non-hydrogen) atoms. The van der Waals surface area contributed by atoms with E-state index in [4.69, 9.17) is 4.74 Å². The zero-order valence-corrected chi connectivity index (χ0v) is 11.8. The minimum atomic E-state index is 0.182. The van der Waals surface area contributed by atoms with Crippen molar-refractivity contribution in [1.82, 2.24) is 9.97 Å². The highest BCUT2D eigenvalue weighted by Crippen LogP contribution is 2.20. The molecule has 0 radical (unpaired) electrons. The second kappa shape index (κ2) is 5.82. The van der Waals surface area contributed by atoms with Crippen LogP contribution in [0.15, 0.2) is 41.3 Å². The molecule has 94 valence electrons. The molecule has 1 aromatic heterocycles. The van der Waals surface area contributed by atoms with Gasteiger partial charge < -0.3 is 10.1 Å². The van der Waals surface area contributed by atoms with Crippen molar-refractivity contribution >= 4 is 27.4 Å². The van der Waals surface area contributed by atoms with Gasteiger partial charge in [0.05, 0.1) is 6.10 Å². The summed E-state index contributed by atoms with van der Waals surface area (Å²) in [4.78, 5) is 8.10. The summed E-state index contributed by atoms with van der Waals surface area (Å²) in [6.45, 7) is 4.01. The summed E-state index contributed by atoms with van der Waals surface area (Å²) in [5.74, 6) is 1.61. The Kier molecular flexibility index (Phi) is 4.15. The molecule has 2 aromatic rings. The average molecular weight is 308 g/mol. The van der Waals surface area contributed by atoms with Crippen LogP contribution in [-0.2, 0) is 0 Å². The van der Waals surface area contributed by atoms with Crippen LogP contribution >= 0.6 is 15.9 Å². The van der Waals surface area contributed by atoms with Crippen LogP contribution in [0.1, 0.15) is 13.8 Å². The standard InChI is InChI=1S/C13H14BrN3O/c1-9(2)18-11-5-3-10(4-6-11)17-13-7-12(14)15-8-16-13/h3-9H,1-2H3,(H,15,16,17). The summed E-state index contributed by atoms with van der Waals surface area (Å²) >= 11 is 3.30. The van der Waals surface area contributed by atoms with Crippen LogP contribution in [0.2, 0.25) is 0 Å².